The standard InChI is InChI=1S/C19H27N3O3/c1-25-13-5-12-22-18(23)14-17(19(22)24)20-15-6-8-16(9-7-15)21-10-3-2-4-11-21/h6-9,17,20H,2-5,10-14H2,1H3/t17-/m1/s1. The predicted molar refractivity (Wildman–Crippen MR) is 97.7 cm³/mol. The zero-order valence-corrected chi connectivity index (χ0v) is 14.9. The summed E-state index contributed by atoms with van der Waals surface area (Å²) in [6, 6.07) is 7.71. The third-order valence-electron chi connectivity index (χ3n) is 4.90. The number of benzene rings is 1. The fraction of sp³-hybridized carbons (Fsp3) is 0.579. The van der Waals surface area contributed by atoms with E-state index in [2.05, 4.69) is 22.3 Å². The number of nitrogens with zero attached hydrogens (tertiary/aromatic N) is 2. The number of amides is 2. The van der Waals surface area contributed by atoms with Crippen LogP contribution in [0.4, 0.5) is 11.4 Å². The molecule has 6 heteroatoms. The number of likely N-dealkylation sites (tertiary alicyclic amines) is 1. The van der Waals surface area contributed by atoms with Gasteiger partial charge in [0.1, 0.15) is 6.04 Å². The average molecular weight is 345 g/mol. The Morgan fingerprint density at radius 2 is 1.84 bits per heavy atom. The van der Waals surface area contributed by atoms with Crippen LogP contribution in [0, 0.1) is 0 Å². The highest BCUT2D eigenvalue weighted by atomic mass is 16.5. The topological polar surface area (TPSA) is 61.9 Å². The molecule has 0 saturated carbocycles. The van der Waals surface area contributed by atoms with Gasteiger partial charge in [0.2, 0.25) is 5.91 Å². The largest absolute Gasteiger partial charge is 0.385 e. The summed E-state index contributed by atoms with van der Waals surface area (Å²) in [4.78, 5) is 28.2. The van der Waals surface area contributed by atoms with Crippen molar-refractivity contribution in [2.75, 3.05) is 43.6 Å². The highest BCUT2D eigenvalue weighted by Gasteiger charge is 2.38. The molecule has 25 heavy (non-hydrogen) atoms. The number of piperidine rings is 1. The highest BCUT2D eigenvalue weighted by Crippen LogP contribution is 2.24. The van der Waals surface area contributed by atoms with Crippen molar-refractivity contribution >= 4 is 23.2 Å². The van der Waals surface area contributed by atoms with Crippen LogP contribution in [0.5, 0.6) is 0 Å². The van der Waals surface area contributed by atoms with Crippen molar-refractivity contribution in [1.82, 2.24) is 4.90 Å². The van der Waals surface area contributed by atoms with Gasteiger partial charge in [0.05, 0.1) is 6.42 Å². The minimum absolute atomic E-state index is 0.108. The van der Waals surface area contributed by atoms with Crippen molar-refractivity contribution in [1.29, 1.82) is 0 Å². The van der Waals surface area contributed by atoms with E-state index in [0.717, 1.165) is 18.8 Å². The number of methoxy groups -OCH3 is 1. The van der Waals surface area contributed by atoms with Crippen LogP contribution >= 0.6 is 0 Å². The van der Waals surface area contributed by atoms with Crippen molar-refractivity contribution < 1.29 is 14.3 Å². The van der Waals surface area contributed by atoms with E-state index in [4.69, 9.17) is 4.74 Å². The summed E-state index contributed by atoms with van der Waals surface area (Å²) in [5.74, 6) is -0.246. The Balaban J connectivity index is 1.56. The Kier molecular flexibility index (Phi) is 5.91. The lowest BCUT2D eigenvalue weighted by Gasteiger charge is -2.29. The molecule has 0 radical (unpaired) electrons. The number of hydrogen-bond acceptors (Lipinski definition) is 5. The smallest absolute Gasteiger partial charge is 0.252 e. The maximum Gasteiger partial charge on any atom is 0.252 e. The SMILES string of the molecule is COCCCN1C(=O)C[C@@H](Nc2ccc(N3CCCCC3)cc2)C1=O. The molecule has 0 unspecified atom stereocenters. The molecule has 1 N–H and O–H groups in total. The van der Waals surface area contributed by atoms with Crippen LogP contribution in [0.25, 0.3) is 0 Å². The highest BCUT2D eigenvalue weighted by molar-refractivity contribution is 6.06. The molecule has 136 valence electrons. The Morgan fingerprint density at radius 1 is 1.12 bits per heavy atom. The number of carbonyl (C=O) groups is 2. The van der Waals surface area contributed by atoms with Crippen LogP contribution in [0.3, 0.4) is 0 Å². The Hall–Kier alpha value is -2.08. The van der Waals surface area contributed by atoms with Gasteiger partial charge < -0.3 is 15.0 Å². The van der Waals surface area contributed by atoms with Gasteiger partial charge in [-0.1, -0.05) is 0 Å². The lowest BCUT2D eigenvalue weighted by Crippen LogP contribution is -2.35. The van der Waals surface area contributed by atoms with Gasteiger partial charge in [0, 0.05) is 44.7 Å². The van der Waals surface area contributed by atoms with Crippen molar-refractivity contribution in [3.8, 4) is 0 Å². The summed E-state index contributed by atoms with van der Waals surface area (Å²) in [5, 5.41) is 3.21. The Labute approximate surface area is 149 Å². The fourth-order valence-corrected chi connectivity index (χ4v) is 3.52. The number of ether oxygens (including phenoxy) is 1. The third kappa shape index (κ3) is 4.31. The number of nitrogens with one attached hydrogen (secondary N) is 1. The van der Waals surface area contributed by atoms with Crippen LogP contribution < -0.4 is 10.2 Å². The van der Waals surface area contributed by atoms with Crippen molar-refractivity contribution in [2.45, 2.75) is 38.1 Å². The summed E-state index contributed by atoms with van der Waals surface area (Å²) >= 11 is 0. The molecule has 1 atom stereocenters. The molecule has 2 saturated heterocycles. The number of carbonyl (C=O) groups excluding carboxylic acids is 2. The molecule has 0 aliphatic carbocycles. The number of hydrogen-bond donors (Lipinski definition) is 1. The van der Waals surface area contributed by atoms with Crippen LogP contribution in [0.2, 0.25) is 0 Å². The fourth-order valence-electron chi connectivity index (χ4n) is 3.52. The minimum Gasteiger partial charge on any atom is -0.385 e. The average Bonchev–Trinajstić information content (AvgIpc) is 2.90. The van der Waals surface area contributed by atoms with E-state index >= 15 is 0 Å². The van der Waals surface area contributed by atoms with Gasteiger partial charge in [-0.15, -0.1) is 0 Å². The zero-order chi connectivity index (χ0) is 17.6. The summed E-state index contributed by atoms with van der Waals surface area (Å²) in [5.41, 5.74) is 2.10. The van der Waals surface area contributed by atoms with E-state index in [-0.39, 0.29) is 18.2 Å². The number of imide groups is 1. The first-order valence-corrected chi connectivity index (χ1v) is 9.14. The van der Waals surface area contributed by atoms with E-state index in [9.17, 15) is 9.59 Å². The number of anilines is 2. The Morgan fingerprint density at radius 3 is 2.52 bits per heavy atom. The summed E-state index contributed by atoms with van der Waals surface area (Å²) in [6.07, 6.45) is 4.70. The first-order chi connectivity index (χ1) is 12.2. The second kappa shape index (κ2) is 8.34. The van der Waals surface area contributed by atoms with E-state index in [0.29, 0.717) is 19.6 Å². The van der Waals surface area contributed by atoms with Crippen molar-refractivity contribution in [3.63, 3.8) is 0 Å². The molecule has 3 rings (SSSR count). The second-order valence-corrected chi connectivity index (χ2v) is 6.73. The molecule has 2 aliphatic heterocycles. The molecule has 0 bridgehead atoms. The molecule has 2 aliphatic rings. The second-order valence-electron chi connectivity index (χ2n) is 6.73. The molecule has 0 aromatic heterocycles. The lowest BCUT2D eigenvalue weighted by molar-refractivity contribution is -0.138. The normalized spacial score (nSPS) is 21.1. The van der Waals surface area contributed by atoms with E-state index in [1.54, 1.807) is 7.11 Å². The summed E-state index contributed by atoms with van der Waals surface area (Å²) in [6.45, 7) is 3.20. The molecular weight excluding hydrogens is 318 g/mol. The molecule has 0 spiro atoms. The van der Waals surface area contributed by atoms with Gasteiger partial charge in [0.15, 0.2) is 0 Å². The molecule has 1 aromatic carbocycles. The van der Waals surface area contributed by atoms with Crippen molar-refractivity contribution in [3.05, 3.63) is 24.3 Å². The van der Waals surface area contributed by atoms with Gasteiger partial charge in [-0.3, -0.25) is 14.5 Å². The quantitative estimate of drug-likeness (QED) is 0.607. The molecule has 1 aromatic rings. The lowest BCUT2D eigenvalue weighted by atomic mass is 10.1. The minimum atomic E-state index is -0.462. The van der Waals surface area contributed by atoms with Gasteiger partial charge in [0.25, 0.3) is 5.91 Å². The number of rotatable bonds is 7. The molecule has 2 amide bonds. The van der Waals surface area contributed by atoms with Crippen LogP contribution in [0.1, 0.15) is 32.1 Å². The van der Waals surface area contributed by atoms with Gasteiger partial charge in [-0.2, -0.15) is 0 Å². The first-order valence-electron chi connectivity index (χ1n) is 9.14. The van der Waals surface area contributed by atoms with Crippen LogP contribution in [-0.2, 0) is 14.3 Å². The van der Waals surface area contributed by atoms with Crippen molar-refractivity contribution in [2.24, 2.45) is 0 Å². The van der Waals surface area contributed by atoms with E-state index in [1.807, 2.05) is 12.1 Å². The first kappa shape index (κ1) is 17.7. The summed E-state index contributed by atoms with van der Waals surface area (Å²) in [7, 11) is 1.62. The predicted octanol–water partition coefficient (Wildman–Crippen LogP) is 2.25. The molecule has 6 nitrogen and oxygen atoms in total. The molecule has 2 fully saturated rings. The molecular formula is C19H27N3O3. The Bertz CT molecular complexity index is 596. The van der Waals surface area contributed by atoms with E-state index < -0.39 is 6.04 Å². The summed E-state index contributed by atoms with van der Waals surface area (Å²) < 4.78 is 4.99. The van der Waals surface area contributed by atoms with Gasteiger partial charge in [-0.05, 0) is 49.9 Å². The maximum atomic E-state index is 12.4. The van der Waals surface area contributed by atoms with Crippen LogP contribution in [-0.4, -0.2) is 56.1 Å². The maximum absolute atomic E-state index is 12.4. The monoisotopic (exact) mass is 345 g/mol. The molecule has 2 heterocycles. The van der Waals surface area contributed by atoms with E-state index in [1.165, 1.54) is 29.8 Å². The zero-order valence-electron chi connectivity index (χ0n) is 14.9. The third-order valence-corrected chi connectivity index (χ3v) is 4.90. The van der Waals surface area contributed by atoms with Crippen LogP contribution in [0.15, 0.2) is 24.3 Å². The van der Waals surface area contributed by atoms with Gasteiger partial charge in [-0.25, -0.2) is 0 Å². The van der Waals surface area contributed by atoms with Gasteiger partial charge >= 0.3 is 0 Å².